The van der Waals surface area contributed by atoms with Gasteiger partial charge in [-0.25, -0.2) is 0 Å². The maximum absolute atomic E-state index is 10.0. The van der Waals surface area contributed by atoms with Gasteiger partial charge in [0, 0.05) is 7.11 Å². The Hall–Kier alpha value is -0.860. The van der Waals surface area contributed by atoms with Crippen molar-refractivity contribution in [2.24, 2.45) is 0 Å². The number of terminal acetylenes is 1. The van der Waals surface area contributed by atoms with E-state index in [0.717, 1.165) is 6.42 Å². The van der Waals surface area contributed by atoms with E-state index in [1.54, 1.807) is 13.2 Å². The maximum Gasteiger partial charge on any atom is 0.170 e. The lowest BCUT2D eigenvalue weighted by Gasteiger charge is -2.31. The molecule has 1 aliphatic carbocycles. The van der Waals surface area contributed by atoms with Crippen LogP contribution in [0.1, 0.15) is 12.8 Å². The van der Waals surface area contributed by atoms with Crippen LogP contribution in [0.25, 0.3) is 0 Å². The molecule has 2 atom stereocenters. The summed E-state index contributed by atoms with van der Waals surface area (Å²) < 4.78 is 15.4. The van der Waals surface area contributed by atoms with Crippen LogP contribution >= 0.6 is 0 Å². The largest absolute Gasteiger partial charge is 0.382 e. The Bertz CT molecular complexity index is 269. The lowest BCUT2D eigenvalue weighted by atomic mass is 9.89. The molecule has 0 unspecified atom stereocenters. The Balaban J connectivity index is 2.30. The van der Waals surface area contributed by atoms with Crippen molar-refractivity contribution in [3.8, 4) is 12.3 Å². The molecule has 0 saturated carbocycles. The molecule has 0 heterocycles. The highest BCUT2D eigenvalue weighted by Gasteiger charge is 2.34. The number of hydrogen-bond donors (Lipinski definition) is 1. The second kappa shape index (κ2) is 6.66. The van der Waals surface area contributed by atoms with E-state index in [0.29, 0.717) is 19.6 Å². The lowest BCUT2D eigenvalue weighted by molar-refractivity contribution is -0.139. The van der Waals surface area contributed by atoms with Gasteiger partial charge in [0.2, 0.25) is 0 Å². The van der Waals surface area contributed by atoms with Gasteiger partial charge in [0.15, 0.2) is 5.60 Å². The number of aliphatic hydroxyl groups is 1. The Labute approximate surface area is 96.2 Å². The summed E-state index contributed by atoms with van der Waals surface area (Å²) >= 11 is 0. The van der Waals surface area contributed by atoms with Crippen LogP contribution in [0.15, 0.2) is 12.2 Å². The normalized spacial score (nSPS) is 28.9. The van der Waals surface area contributed by atoms with Gasteiger partial charge in [-0.15, -0.1) is 6.42 Å². The van der Waals surface area contributed by atoms with Gasteiger partial charge in [-0.2, -0.15) is 0 Å². The van der Waals surface area contributed by atoms with Gasteiger partial charge in [-0.05, 0) is 18.9 Å². The van der Waals surface area contributed by atoms with E-state index in [2.05, 4.69) is 5.92 Å². The number of rotatable bonds is 6. The minimum absolute atomic E-state index is 0.117. The Morgan fingerprint density at radius 2 is 2.38 bits per heavy atom. The SMILES string of the molecule is C#C[C@]1(O)C=CCC[C@H]1OCOCCOC. The van der Waals surface area contributed by atoms with E-state index >= 15 is 0 Å². The van der Waals surface area contributed by atoms with Crippen LogP contribution in [0, 0.1) is 12.3 Å². The fraction of sp³-hybridized carbons (Fsp3) is 0.667. The van der Waals surface area contributed by atoms with E-state index < -0.39 is 11.7 Å². The molecule has 16 heavy (non-hydrogen) atoms. The molecule has 0 aromatic carbocycles. The second-order valence-corrected chi connectivity index (χ2v) is 3.62. The first-order chi connectivity index (χ1) is 7.73. The molecule has 0 amide bonds. The van der Waals surface area contributed by atoms with Crippen molar-refractivity contribution in [1.82, 2.24) is 0 Å². The van der Waals surface area contributed by atoms with Crippen LogP contribution < -0.4 is 0 Å². The van der Waals surface area contributed by atoms with Crippen molar-refractivity contribution in [3.63, 3.8) is 0 Å². The number of methoxy groups -OCH3 is 1. The quantitative estimate of drug-likeness (QED) is 0.313. The second-order valence-electron chi connectivity index (χ2n) is 3.62. The van der Waals surface area contributed by atoms with Gasteiger partial charge in [0.05, 0.1) is 13.2 Å². The average molecular weight is 226 g/mol. The fourth-order valence-electron chi connectivity index (χ4n) is 1.52. The molecule has 0 fully saturated rings. The Kier molecular flexibility index (Phi) is 5.50. The fourth-order valence-corrected chi connectivity index (χ4v) is 1.52. The third-order valence-electron chi connectivity index (χ3n) is 2.47. The van der Waals surface area contributed by atoms with E-state index in [4.69, 9.17) is 20.6 Å². The highest BCUT2D eigenvalue weighted by molar-refractivity contribution is 5.24. The number of allylic oxidation sites excluding steroid dienone is 1. The van der Waals surface area contributed by atoms with E-state index in [9.17, 15) is 5.11 Å². The zero-order chi connectivity index (χ0) is 11.9. The smallest absolute Gasteiger partial charge is 0.170 e. The third kappa shape index (κ3) is 3.62. The van der Waals surface area contributed by atoms with Gasteiger partial charge in [-0.1, -0.05) is 12.0 Å². The molecule has 0 aromatic rings. The predicted octanol–water partition coefficient (Wildman–Crippen LogP) is 0.706. The molecule has 0 saturated heterocycles. The molecule has 4 heteroatoms. The van der Waals surface area contributed by atoms with Crippen molar-refractivity contribution in [2.45, 2.75) is 24.5 Å². The molecule has 1 aliphatic rings. The zero-order valence-electron chi connectivity index (χ0n) is 9.52. The standard InChI is InChI=1S/C12H18O4/c1-3-12(13)7-5-4-6-11(12)16-10-15-9-8-14-2/h1,5,7,11,13H,4,6,8-10H2,2H3/t11-,12+/m1/s1. The van der Waals surface area contributed by atoms with Gasteiger partial charge < -0.3 is 19.3 Å². The van der Waals surface area contributed by atoms with Crippen LogP contribution in [0.5, 0.6) is 0 Å². The number of hydrogen-bond acceptors (Lipinski definition) is 4. The van der Waals surface area contributed by atoms with E-state index in [-0.39, 0.29) is 6.79 Å². The van der Waals surface area contributed by atoms with E-state index in [1.165, 1.54) is 0 Å². The Morgan fingerprint density at radius 1 is 1.56 bits per heavy atom. The third-order valence-corrected chi connectivity index (χ3v) is 2.47. The van der Waals surface area contributed by atoms with Crippen molar-refractivity contribution >= 4 is 0 Å². The van der Waals surface area contributed by atoms with Gasteiger partial charge in [0.1, 0.15) is 12.9 Å². The highest BCUT2D eigenvalue weighted by atomic mass is 16.7. The first-order valence-electron chi connectivity index (χ1n) is 5.29. The maximum atomic E-state index is 10.0. The van der Waals surface area contributed by atoms with Crippen molar-refractivity contribution in [3.05, 3.63) is 12.2 Å². The highest BCUT2D eigenvalue weighted by Crippen LogP contribution is 2.24. The average Bonchev–Trinajstić information content (AvgIpc) is 2.31. The zero-order valence-corrected chi connectivity index (χ0v) is 9.52. The molecule has 90 valence electrons. The summed E-state index contributed by atoms with van der Waals surface area (Å²) in [5.74, 6) is 2.35. The lowest BCUT2D eigenvalue weighted by Crippen LogP contribution is -2.43. The monoisotopic (exact) mass is 226 g/mol. The van der Waals surface area contributed by atoms with Crippen molar-refractivity contribution in [1.29, 1.82) is 0 Å². The first kappa shape index (κ1) is 13.2. The molecule has 1 N–H and O–H groups in total. The predicted molar refractivity (Wildman–Crippen MR) is 59.7 cm³/mol. The van der Waals surface area contributed by atoms with Crippen LogP contribution in [0.4, 0.5) is 0 Å². The summed E-state index contributed by atoms with van der Waals surface area (Å²) in [6.45, 7) is 1.10. The molecule has 0 radical (unpaired) electrons. The summed E-state index contributed by atoms with van der Waals surface area (Å²) in [6, 6.07) is 0. The molecule has 1 rings (SSSR count). The molecule has 4 nitrogen and oxygen atoms in total. The molecule has 0 bridgehead atoms. The Morgan fingerprint density at radius 3 is 3.06 bits per heavy atom. The van der Waals surface area contributed by atoms with Gasteiger partial charge >= 0.3 is 0 Å². The van der Waals surface area contributed by atoms with Crippen molar-refractivity contribution in [2.75, 3.05) is 27.1 Å². The first-order valence-corrected chi connectivity index (χ1v) is 5.29. The topological polar surface area (TPSA) is 47.9 Å². The summed E-state index contributed by atoms with van der Waals surface area (Å²) in [4.78, 5) is 0. The molecule has 0 spiro atoms. The molecular weight excluding hydrogens is 208 g/mol. The summed E-state index contributed by atoms with van der Waals surface area (Å²) in [5, 5.41) is 10.0. The van der Waals surface area contributed by atoms with Crippen LogP contribution in [0.3, 0.4) is 0 Å². The van der Waals surface area contributed by atoms with Crippen LogP contribution in [-0.4, -0.2) is 43.9 Å². The van der Waals surface area contributed by atoms with Crippen LogP contribution in [-0.2, 0) is 14.2 Å². The minimum atomic E-state index is -1.30. The molecule has 0 aliphatic heterocycles. The van der Waals surface area contributed by atoms with Gasteiger partial charge in [0.25, 0.3) is 0 Å². The summed E-state index contributed by atoms with van der Waals surface area (Å²) in [5.41, 5.74) is -1.30. The molecule has 0 aromatic heterocycles. The van der Waals surface area contributed by atoms with Crippen LogP contribution in [0.2, 0.25) is 0 Å². The van der Waals surface area contributed by atoms with E-state index in [1.807, 2.05) is 6.08 Å². The summed E-state index contributed by atoms with van der Waals surface area (Å²) in [7, 11) is 1.60. The summed E-state index contributed by atoms with van der Waals surface area (Å²) in [6.07, 6.45) is 9.92. The van der Waals surface area contributed by atoms with Crippen molar-refractivity contribution < 1.29 is 19.3 Å². The van der Waals surface area contributed by atoms with Gasteiger partial charge in [-0.3, -0.25) is 0 Å². The number of ether oxygens (including phenoxy) is 3. The minimum Gasteiger partial charge on any atom is -0.382 e. The molecular formula is C12H18O4.